The van der Waals surface area contributed by atoms with Gasteiger partial charge >= 0.3 is 5.97 Å². The molecule has 1 aliphatic carbocycles. The number of hydrogen-bond acceptors (Lipinski definition) is 5. The van der Waals surface area contributed by atoms with E-state index in [1.807, 2.05) is 0 Å². The van der Waals surface area contributed by atoms with Crippen molar-refractivity contribution in [2.75, 3.05) is 25.1 Å². The fourth-order valence-corrected chi connectivity index (χ4v) is 1.77. The maximum atomic E-state index is 11.0. The highest BCUT2D eigenvalue weighted by molar-refractivity contribution is 5.94. The molecule has 1 aromatic carbocycles. The van der Waals surface area contributed by atoms with Crippen LogP contribution in [0.1, 0.15) is 23.2 Å². The standard InChI is InChI=1S/C13H16N2O5/c16-13(17)11-4-3-10(15(18)19)7-12(11)14-5-6-20-8-9-1-2-9/h3-4,7,9,14H,1-2,5-6,8H2,(H,16,17). The number of non-ortho nitro benzene ring substituents is 1. The van der Waals surface area contributed by atoms with Crippen molar-refractivity contribution in [1.82, 2.24) is 0 Å². The van der Waals surface area contributed by atoms with Crippen molar-refractivity contribution in [1.29, 1.82) is 0 Å². The Bertz CT molecular complexity index is 513. The smallest absolute Gasteiger partial charge is 0.337 e. The number of nitrogens with one attached hydrogen (secondary N) is 1. The summed E-state index contributed by atoms with van der Waals surface area (Å²) < 4.78 is 5.41. The number of rotatable bonds is 8. The van der Waals surface area contributed by atoms with Gasteiger partial charge in [0.05, 0.1) is 22.8 Å². The molecule has 0 unspecified atom stereocenters. The van der Waals surface area contributed by atoms with E-state index in [9.17, 15) is 14.9 Å². The van der Waals surface area contributed by atoms with Crippen LogP contribution in [0.15, 0.2) is 18.2 Å². The van der Waals surface area contributed by atoms with Crippen molar-refractivity contribution in [2.24, 2.45) is 5.92 Å². The van der Waals surface area contributed by atoms with Crippen molar-refractivity contribution in [3.05, 3.63) is 33.9 Å². The minimum Gasteiger partial charge on any atom is -0.478 e. The third kappa shape index (κ3) is 3.92. The Morgan fingerprint density at radius 1 is 1.50 bits per heavy atom. The molecule has 0 spiro atoms. The van der Waals surface area contributed by atoms with Gasteiger partial charge < -0.3 is 15.2 Å². The van der Waals surface area contributed by atoms with Crippen LogP contribution in [-0.4, -0.2) is 35.8 Å². The summed E-state index contributed by atoms with van der Waals surface area (Å²) in [7, 11) is 0. The number of aromatic carboxylic acids is 1. The average molecular weight is 280 g/mol. The second-order valence-corrected chi connectivity index (χ2v) is 4.74. The van der Waals surface area contributed by atoms with Crippen LogP contribution in [0, 0.1) is 16.0 Å². The van der Waals surface area contributed by atoms with Gasteiger partial charge in [-0.05, 0) is 24.8 Å². The van der Waals surface area contributed by atoms with Crippen LogP contribution < -0.4 is 5.32 Å². The molecule has 1 saturated carbocycles. The number of carboxylic acids is 1. The minimum atomic E-state index is -1.12. The monoisotopic (exact) mass is 280 g/mol. The van der Waals surface area contributed by atoms with E-state index in [2.05, 4.69) is 5.32 Å². The fraction of sp³-hybridized carbons (Fsp3) is 0.462. The third-order valence-electron chi connectivity index (χ3n) is 3.06. The Hall–Kier alpha value is -2.15. The number of anilines is 1. The quantitative estimate of drug-likeness (QED) is 0.429. The van der Waals surface area contributed by atoms with Gasteiger partial charge in [0.1, 0.15) is 0 Å². The van der Waals surface area contributed by atoms with Crippen molar-refractivity contribution >= 4 is 17.3 Å². The fourth-order valence-electron chi connectivity index (χ4n) is 1.77. The third-order valence-corrected chi connectivity index (χ3v) is 3.06. The topological polar surface area (TPSA) is 102 Å². The number of nitro groups is 1. The molecular formula is C13H16N2O5. The zero-order valence-corrected chi connectivity index (χ0v) is 10.9. The van der Waals surface area contributed by atoms with Crippen molar-refractivity contribution in [3.8, 4) is 0 Å². The molecule has 1 aliphatic rings. The number of carbonyl (C=O) groups is 1. The number of nitro benzene ring substituents is 1. The summed E-state index contributed by atoms with van der Waals surface area (Å²) in [6, 6.07) is 3.64. The van der Waals surface area contributed by atoms with Crippen LogP contribution in [0.4, 0.5) is 11.4 Å². The highest BCUT2D eigenvalue weighted by atomic mass is 16.6. The van der Waals surface area contributed by atoms with Gasteiger partial charge in [0, 0.05) is 25.3 Å². The van der Waals surface area contributed by atoms with Gasteiger partial charge in [-0.1, -0.05) is 0 Å². The normalized spacial score (nSPS) is 14.0. The molecule has 0 amide bonds. The lowest BCUT2D eigenvalue weighted by molar-refractivity contribution is -0.384. The van der Waals surface area contributed by atoms with E-state index < -0.39 is 10.9 Å². The lowest BCUT2D eigenvalue weighted by atomic mass is 10.1. The molecule has 0 aromatic heterocycles. The van der Waals surface area contributed by atoms with E-state index >= 15 is 0 Å². The molecule has 1 fully saturated rings. The molecule has 7 heteroatoms. The molecule has 2 N–H and O–H groups in total. The van der Waals surface area contributed by atoms with Gasteiger partial charge in [0.15, 0.2) is 0 Å². The molecule has 7 nitrogen and oxygen atoms in total. The summed E-state index contributed by atoms with van der Waals surface area (Å²) in [6.45, 7) is 1.58. The summed E-state index contributed by atoms with van der Waals surface area (Å²) in [4.78, 5) is 21.2. The van der Waals surface area contributed by atoms with Crippen LogP contribution in [0.3, 0.4) is 0 Å². The van der Waals surface area contributed by atoms with Gasteiger partial charge in [0.25, 0.3) is 5.69 Å². The van der Waals surface area contributed by atoms with Crippen LogP contribution >= 0.6 is 0 Å². The summed E-state index contributed by atoms with van der Waals surface area (Å²) in [5.74, 6) is -0.455. The maximum Gasteiger partial charge on any atom is 0.337 e. The van der Waals surface area contributed by atoms with Crippen LogP contribution in [0.2, 0.25) is 0 Å². The summed E-state index contributed by atoms with van der Waals surface area (Å²) in [5, 5.41) is 22.6. The van der Waals surface area contributed by atoms with Gasteiger partial charge in [0.2, 0.25) is 0 Å². The molecule has 0 saturated heterocycles. The van der Waals surface area contributed by atoms with E-state index in [0.717, 1.165) is 6.61 Å². The summed E-state index contributed by atoms with van der Waals surface area (Å²) >= 11 is 0. The molecular weight excluding hydrogens is 264 g/mol. The predicted octanol–water partition coefficient (Wildman–Crippen LogP) is 2.13. The zero-order valence-electron chi connectivity index (χ0n) is 10.9. The van der Waals surface area contributed by atoms with Crippen LogP contribution in [0.25, 0.3) is 0 Å². The van der Waals surface area contributed by atoms with E-state index in [1.165, 1.54) is 31.0 Å². The lowest BCUT2D eigenvalue weighted by Crippen LogP contribution is -2.13. The predicted molar refractivity (Wildman–Crippen MR) is 72.1 cm³/mol. The molecule has 0 atom stereocenters. The molecule has 0 aliphatic heterocycles. The SMILES string of the molecule is O=C(O)c1ccc([N+](=O)[O-])cc1NCCOCC1CC1. The molecule has 1 aromatic rings. The molecule has 2 rings (SSSR count). The maximum absolute atomic E-state index is 11.0. The Balaban J connectivity index is 1.93. The first kappa shape index (κ1) is 14.3. The Morgan fingerprint density at radius 3 is 2.85 bits per heavy atom. The van der Waals surface area contributed by atoms with Gasteiger partial charge in [-0.15, -0.1) is 0 Å². The minimum absolute atomic E-state index is 0.0118. The van der Waals surface area contributed by atoms with Crippen molar-refractivity contribution in [3.63, 3.8) is 0 Å². The first-order valence-corrected chi connectivity index (χ1v) is 6.41. The van der Waals surface area contributed by atoms with Crippen molar-refractivity contribution in [2.45, 2.75) is 12.8 Å². The van der Waals surface area contributed by atoms with E-state index in [-0.39, 0.29) is 16.9 Å². The number of carboxylic acid groups (broad SMARTS) is 1. The molecule has 0 bridgehead atoms. The van der Waals surface area contributed by atoms with Gasteiger partial charge in [-0.3, -0.25) is 10.1 Å². The Morgan fingerprint density at radius 2 is 2.25 bits per heavy atom. The molecule has 0 heterocycles. The zero-order chi connectivity index (χ0) is 14.5. The van der Waals surface area contributed by atoms with Crippen LogP contribution in [0.5, 0.6) is 0 Å². The van der Waals surface area contributed by atoms with Gasteiger partial charge in [-0.2, -0.15) is 0 Å². The van der Waals surface area contributed by atoms with E-state index in [0.29, 0.717) is 19.1 Å². The second kappa shape index (κ2) is 6.33. The summed E-state index contributed by atoms with van der Waals surface area (Å²) in [6.07, 6.45) is 2.42. The summed E-state index contributed by atoms with van der Waals surface area (Å²) in [5.41, 5.74) is 0.107. The highest BCUT2D eigenvalue weighted by Gasteiger charge is 2.21. The lowest BCUT2D eigenvalue weighted by Gasteiger charge is -2.09. The largest absolute Gasteiger partial charge is 0.478 e. The first-order chi connectivity index (χ1) is 9.58. The molecule has 108 valence electrons. The average Bonchev–Trinajstić information content (AvgIpc) is 3.22. The molecule has 20 heavy (non-hydrogen) atoms. The van der Waals surface area contributed by atoms with Crippen molar-refractivity contribution < 1.29 is 19.6 Å². The first-order valence-electron chi connectivity index (χ1n) is 6.41. The van der Waals surface area contributed by atoms with Crippen LogP contribution in [-0.2, 0) is 4.74 Å². The van der Waals surface area contributed by atoms with E-state index in [4.69, 9.17) is 9.84 Å². The van der Waals surface area contributed by atoms with Gasteiger partial charge in [-0.25, -0.2) is 4.79 Å². The number of hydrogen-bond donors (Lipinski definition) is 2. The highest BCUT2D eigenvalue weighted by Crippen LogP contribution is 2.28. The number of benzene rings is 1. The Kier molecular flexibility index (Phi) is 4.52. The molecule has 0 radical (unpaired) electrons. The number of ether oxygens (including phenoxy) is 1. The van der Waals surface area contributed by atoms with E-state index in [1.54, 1.807) is 0 Å². The number of nitrogens with zero attached hydrogens (tertiary/aromatic N) is 1. The Labute approximate surface area is 115 Å². The second-order valence-electron chi connectivity index (χ2n) is 4.74.